The van der Waals surface area contributed by atoms with Crippen LogP contribution in [0.3, 0.4) is 0 Å². The summed E-state index contributed by atoms with van der Waals surface area (Å²) in [5.74, 6) is -0.587. The summed E-state index contributed by atoms with van der Waals surface area (Å²) in [5.41, 5.74) is 0.958. The molecule has 0 aliphatic carbocycles. The average Bonchev–Trinajstić information content (AvgIpc) is 2.61. The molecule has 0 saturated carbocycles. The van der Waals surface area contributed by atoms with E-state index < -0.39 is 12.1 Å². The first-order valence-electron chi connectivity index (χ1n) is 7.92. The molecule has 0 bridgehead atoms. The number of nitrogens with zero attached hydrogens (tertiary/aromatic N) is 1. The first-order chi connectivity index (χ1) is 12.0. The van der Waals surface area contributed by atoms with Gasteiger partial charge in [0.15, 0.2) is 6.67 Å². The van der Waals surface area contributed by atoms with Gasteiger partial charge in [-0.1, -0.05) is 30.3 Å². The highest BCUT2D eigenvalue weighted by atomic mass is 16.3. The zero-order valence-electron chi connectivity index (χ0n) is 14.1. The van der Waals surface area contributed by atoms with Gasteiger partial charge in [0.25, 0.3) is 0 Å². The van der Waals surface area contributed by atoms with E-state index in [1.807, 2.05) is 30.3 Å². The summed E-state index contributed by atoms with van der Waals surface area (Å²) in [6, 6.07) is 8.24. The van der Waals surface area contributed by atoms with E-state index in [0.717, 1.165) is 5.56 Å². The highest BCUT2D eigenvalue weighted by molar-refractivity contribution is 5.86. The highest BCUT2D eigenvalue weighted by Crippen LogP contribution is 2.01. The van der Waals surface area contributed by atoms with Crippen molar-refractivity contribution in [1.82, 2.24) is 21.3 Å². The van der Waals surface area contributed by atoms with E-state index in [1.165, 1.54) is 6.92 Å². The molecule has 1 aromatic carbocycles. The fourth-order valence-electron chi connectivity index (χ4n) is 2.10. The molecular weight excluding hydrogens is 326 g/mol. The van der Waals surface area contributed by atoms with Crippen molar-refractivity contribution in [2.75, 3.05) is 13.2 Å². The molecule has 1 atom stereocenters. The summed E-state index contributed by atoms with van der Waals surface area (Å²) in [7, 11) is 0. The van der Waals surface area contributed by atoms with Gasteiger partial charge in [-0.15, -0.1) is 4.91 Å². The number of hydrogen-bond donors (Lipinski definition) is 4. The summed E-state index contributed by atoms with van der Waals surface area (Å²) in [4.78, 5) is 44.7. The third-order valence-electron chi connectivity index (χ3n) is 3.26. The van der Waals surface area contributed by atoms with Crippen molar-refractivity contribution in [3.63, 3.8) is 0 Å². The zero-order chi connectivity index (χ0) is 18.5. The van der Waals surface area contributed by atoms with E-state index in [9.17, 15) is 19.3 Å². The van der Waals surface area contributed by atoms with Crippen molar-refractivity contribution in [3.8, 4) is 0 Å². The van der Waals surface area contributed by atoms with Crippen LogP contribution in [0.4, 0.5) is 4.79 Å². The molecule has 0 fully saturated rings. The van der Waals surface area contributed by atoms with Crippen LogP contribution in [0.5, 0.6) is 0 Å². The van der Waals surface area contributed by atoms with Crippen molar-refractivity contribution in [1.29, 1.82) is 0 Å². The third-order valence-corrected chi connectivity index (χ3v) is 3.26. The van der Waals surface area contributed by atoms with Crippen LogP contribution in [0.2, 0.25) is 0 Å². The molecule has 25 heavy (non-hydrogen) atoms. The fraction of sp³-hybridized carbons (Fsp3) is 0.438. The lowest BCUT2D eigenvalue weighted by Crippen LogP contribution is -2.46. The minimum absolute atomic E-state index is 0.284. The van der Waals surface area contributed by atoms with Crippen molar-refractivity contribution >= 4 is 17.8 Å². The van der Waals surface area contributed by atoms with Crippen molar-refractivity contribution in [2.45, 2.75) is 32.4 Å². The molecule has 0 aliphatic heterocycles. The second kappa shape index (κ2) is 11.5. The molecule has 4 amide bonds. The second-order valence-electron chi connectivity index (χ2n) is 5.32. The van der Waals surface area contributed by atoms with Gasteiger partial charge in [0.2, 0.25) is 11.8 Å². The average molecular weight is 349 g/mol. The number of rotatable bonds is 10. The van der Waals surface area contributed by atoms with Gasteiger partial charge >= 0.3 is 6.03 Å². The van der Waals surface area contributed by atoms with E-state index in [2.05, 4.69) is 26.4 Å². The van der Waals surface area contributed by atoms with Crippen LogP contribution >= 0.6 is 0 Å². The number of nitrogens with one attached hydrogen (secondary N) is 4. The van der Waals surface area contributed by atoms with Gasteiger partial charge in [-0.2, -0.15) is 0 Å². The Hall–Kier alpha value is -2.97. The van der Waals surface area contributed by atoms with Crippen LogP contribution in [0.15, 0.2) is 35.5 Å². The first kappa shape index (κ1) is 20.1. The molecule has 136 valence electrons. The van der Waals surface area contributed by atoms with Crippen LogP contribution in [0.25, 0.3) is 0 Å². The molecule has 0 aromatic heterocycles. The number of amides is 4. The molecule has 9 heteroatoms. The van der Waals surface area contributed by atoms with E-state index in [-0.39, 0.29) is 18.5 Å². The highest BCUT2D eigenvalue weighted by Gasteiger charge is 2.18. The predicted molar refractivity (Wildman–Crippen MR) is 92.3 cm³/mol. The summed E-state index contributed by atoms with van der Waals surface area (Å²) >= 11 is 0. The van der Waals surface area contributed by atoms with E-state index in [0.29, 0.717) is 25.9 Å². The Bertz CT molecular complexity index is 579. The van der Waals surface area contributed by atoms with E-state index in [4.69, 9.17) is 0 Å². The number of urea groups is 1. The molecule has 4 N–H and O–H groups in total. The Morgan fingerprint density at radius 3 is 2.44 bits per heavy atom. The van der Waals surface area contributed by atoms with Crippen molar-refractivity contribution < 1.29 is 14.4 Å². The Labute approximate surface area is 145 Å². The van der Waals surface area contributed by atoms with Gasteiger partial charge in [-0.25, -0.2) is 4.79 Å². The second-order valence-corrected chi connectivity index (χ2v) is 5.32. The maximum atomic E-state index is 12.2. The predicted octanol–water partition coefficient (Wildman–Crippen LogP) is 0.611. The van der Waals surface area contributed by atoms with Crippen molar-refractivity contribution in [2.24, 2.45) is 5.18 Å². The number of carbonyl (C=O) groups is 3. The first-order valence-corrected chi connectivity index (χ1v) is 7.92. The van der Waals surface area contributed by atoms with Gasteiger partial charge < -0.3 is 21.3 Å². The monoisotopic (exact) mass is 349 g/mol. The topological polar surface area (TPSA) is 129 Å². The quantitative estimate of drug-likeness (QED) is 0.364. The standard InChI is InChI=1S/C16H23N5O4/c1-12(22)21-14(8-5-9-17-16(24)19-11-20-25)15(23)18-10-13-6-3-2-4-7-13/h2-4,6-7,14H,5,8-11H2,1H3,(H,18,23)(H,21,22)(H2,17,19,24)/t14-/m0/s1. The number of benzene rings is 1. The normalized spacial score (nSPS) is 11.1. The molecule has 0 saturated heterocycles. The summed E-state index contributed by atoms with van der Waals surface area (Å²) in [5, 5.41) is 12.7. The van der Waals surface area contributed by atoms with Crippen LogP contribution < -0.4 is 21.3 Å². The molecule has 1 rings (SSSR count). The summed E-state index contributed by atoms with van der Waals surface area (Å²) in [6.45, 7) is 1.71. The molecular formula is C16H23N5O4. The number of carbonyl (C=O) groups excluding carboxylic acids is 3. The minimum Gasteiger partial charge on any atom is -0.350 e. The lowest BCUT2D eigenvalue weighted by atomic mass is 10.1. The Balaban J connectivity index is 2.39. The Kier molecular flexibility index (Phi) is 9.27. The lowest BCUT2D eigenvalue weighted by Gasteiger charge is -2.18. The molecule has 1 aromatic rings. The van der Waals surface area contributed by atoms with Gasteiger partial charge in [0, 0.05) is 20.0 Å². The SMILES string of the molecule is CC(=O)N[C@@H](CCCNC(=O)NCN=O)C(=O)NCc1ccccc1. The van der Waals surface area contributed by atoms with E-state index in [1.54, 1.807) is 0 Å². The largest absolute Gasteiger partial charge is 0.350 e. The third kappa shape index (κ3) is 9.04. The van der Waals surface area contributed by atoms with Gasteiger partial charge in [-0.3, -0.25) is 9.59 Å². The maximum Gasteiger partial charge on any atom is 0.316 e. The van der Waals surface area contributed by atoms with Gasteiger partial charge in [0.1, 0.15) is 6.04 Å². The Morgan fingerprint density at radius 2 is 1.80 bits per heavy atom. The molecule has 0 aliphatic rings. The van der Waals surface area contributed by atoms with Crippen molar-refractivity contribution in [3.05, 3.63) is 40.8 Å². The molecule has 0 radical (unpaired) electrons. The smallest absolute Gasteiger partial charge is 0.316 e. The fourth-order valence-corrected chi connectivity index (χ4v) is 2.10. The lowest BCUT2D eigenvalue weighted by molar-refractivity contribution is -0.128. The van der Waals surface area contributed by atoms with Gasteiger partial charge in [0.05, 0.1) is 0 Å². The van der Waals surface area contributed by atoms with E-state index >= 15 is 0 Å². The number of nitroso groups, excluding NO2 is 1. The van der Waals surface area contributed by atoms with Crippen LogP contribution in [0.1, 0.15) is 25.3 Å². The molecule has 0 unspecified atom stereocenters. The molecule has 0 spiro atoms. The summed E-state index contributed by atoms with van der Waals surface area (Å²) in [6.07, 6.45) is 0.845. The zero-order valence-corrected chi connectivity index (χ0v) is 14.1. The molecule has 9 nitrogen and oxygen atoms in total. The van der Waals surface area contributed by atoms with Crippen LogP contribution in [-0.2, 0) is 16.1 Å². The summed E-state index contributed by atoms with van der Waals surface area (Å²) < 4.78 is 0. The van der Waals surface area contributed by atoms with Crippen LogP contribution in [0, 0.1) is 4.91 Å². The molecule has 0 heterocycles. The van der Waals surface area contributed by atoms with Crippen LogP contribution in [-0.4, -0.2) is 37.1 Å². The minimum atomic E-state index is -0.678. The maximum absolute atomic E-state index is 12.2. The van der Waals surface area contributed by atoms with Gasteiger partial charge in [-0.05, 0) is 23.6 Å². The Morgan fingerprint density at radius 1 is 1.08 bits per heavy atom. The number of hydrogen-bond acceptors (Lipinski definition) is 5.